The topological polar surface area (TPSA) is 51.4 Å². The molecule has 0 spiro atoms. The van der Waals surface area contributed by atoms with Crippen LogP contribution >= 0.6 is 0 Å². The summed E-state index contributed by atoms with van der Waals surface area (Å²) in [6.07, 6.45) is 3.60. The van der Waals surface area contributed by atoms with Crippen molar-refractivity contribution in [2.75, 3.05) is 14.1 Å². The molecular formula is C20H23N4O+. The molecule has 2 aromatic carbocycles. The van der Waals surface area contributed by atoms with Crippen molar-refractivity contribution < 1.29 is 9.69 Å². The zero-order valence-electron chi connectivity index (χ0n) is 14.6. The van der Waals surface area contributed by atoms with Gasteiger partial charge in [0.25, 0.3) is 5.91 Å². The van der Waals surface area contributed by atoms with Crippen LogP contribution in [-0.4, -0.2) is 29.8 Å². The van der Waals surface area contributed by atoms with E-state index in [2.05, 4.69) is 36.6 Å². The first-order valence-corrected chi connectivity index (χ1v) is 8.37. The van der Waals surface area contributed by atoms with Crippen molar-refractivity contribution in [3.63, 3.8) is 0 Å². The van der Waals surface area contributed by atoms with Crippen molar-refractivity contribution in [3.8, 4) is 5.69 Å². The number of benzene rings is 2. The molecule has 0 atom stereocenters. The summed E-state index contributed by atoms with van der Waals surface area (Å²) < 4.78 is 1.77. The molecule has 5 heteroatoms. The SMILES string of the molecule is C[NH+](C)Cc1ccccc1CNC(=O)c1ccc(-n2cccn2)cc1. The molecule has 1 amide bonds. The second-order valence-corrected chi connectivity index (χ2v) is 6.33. The molecule has 0 radical (unpaired) electrons. The van der Waals surface area contributed by atoms with Crippen LogP contribution in [0.2, 0.25) is 0 Å². The maximum absolute atomic E-state index is 12.4. The Balaban J connectivity index is 1.65. The second kappa shape index (κ2) is 7.77. The molecule has 0 saturated carbocycles. The van der Waals surface area contributed by atoms with Gasteiger partial charge in [0.1, 0.15) is 6.54 Å². The smallest absolute Gasteiger partial charge is 0.251 e. The van der Waals surface area contributed by atoms with Crippen molar-refractivity contribution in [3.05, 3.63) is 83.7 Å². The monoisotopic (exact) mass is 335 g/mol. The number of carbonyl (C=O) groups is 1. The molecule has 0 bridgehead atoms. The average Bonchev–Trinajstić information content (AvgIpc) is 3.15. The van der Waals surface area contributed by atoms with Gasteiger partial charge in [0.15, 0.2) is 0 Å². The summed E-state index contributed by atoms with van der Waals surface area (Å²) in [6, 6.07) is 17.5. The minimum absolute atomic E-state index is 0.0704. The molecule has 25 heavy (non-hydrogen) atoms. The number of carbonyl (C=O) groups excluding carboxylic acids is 1. The van der Waals surface area contributed by atoms with E-state index in [1.54, 1.807) is 10.9 Å². The molecule has 3 rings (SSSR count). The lowest BCUT2D eigenvalue weighted by atomic mass is 10.1. The van der Waals surface area contributed by atoms with E-state index in [9.17, 15) is 4.79 Å². The highest BCUT2D eigenvalue weighted by Gasteiger charge is 2.09. The summed E-state index contributed by atoms with van der Waals surface area (Å²) in [5.74, 6) is -0.0704. The van der Waals surface area contributed by atoms with E-state index in [-0.39, 0.29) is 5.91 Å². The fraction of sp³-hybridized carbons (Fsp3) is 0.200. The number of rotatable bonds is 6. The molecule has 0 aliphatic rings. The van der Waals surface area contributed by atoms with Crippen LogP contribution in [-0.2, 0) is 13.1 Å². The highest BCUT2D eigenvalue weighted by atomic mass is 16.1. The molecule has 5 nitrogen and oxygen atoms in total. The molecule has 3 aromatic rings. The van der Waals surface area contributed by atoms with Crippen molar-refractivity contribution in [2.24, 2.45) is 0 Å². The lowest BCUT2D eigenvalue weighted by Crippen LogP contribution is -3.04. The van der Waals surface area contributed by atoms with Crippen LogP contribution in [0.5, 0.6) is 0 Å². The van der Waals surface area contributed by atoms with Crippen LogP contribution in [0.3, 0.4) is 0 Å². The highest BCUT2D eigenvalue weighted by Crippen LogP contribution is 2.10. The summed E-state index contributed by atoms with van der Waals surface area (Å²) >= 11 is 0. The Bertz CT molecular complexity index is 823. The molecule has 1 aromatic heterocycles. The summed E-state index contributed by atoms with van der Waals surface area (Å²) in [5, 5.41) is 7.20. The minimum atomic E-state index is -0.0704. The van der Waals surface area contributed by atoms with Crippen LogP contribution in [0.15, 0.2) is 67.0 Å². The number of nitrogens with one attached hydrogen (secondary N) is 2. The Hall–Kier alpha value is -2.92. The third-order valence-corrected chi connectivity index (χ3v) is 4.00. The van der Waals surface area contributed by atoms with Gasteiger partial charge in [0.05, 0.1) is 19.8 Å². The Morgan fingerprint density at radius 2 is 1.76 bits per heavy atom. The standard InChI is InChI=1S/C20H22N4O/c1-23(2)15-18-7-4-3-6-17(18)14-21-20(25)16-8-10-19(11-9-16)24-13-5-12-22-24/h3-13H,14-15H2,1-2H3,(H,21,25)/p+1. The molecule has 0 saturated heterocycles. The lowest BCUT2D eigenvalue weighted by Gasteiger charge is -2.13. The third-order valence-electron chi connectivity index (χ3n) is 4.00. The van der Waals surface area contributed by atoms with Gasteiger partial charge in [-0.1, -0.05) is 24.3 Å². The van der Waals surface area contributed by atoms with Gasteiger partial charge in [-0.3, -0.25) is 4.79 Å². The van der Waals surface area contributed by atoms with Crippen LogP contribution in [0, 0.1) is 0 Å². The number of amides is 1. The Morgan fingerprint density at radius 1 is 1.04 bits per heavy atom. The number of aromatic nitrogens is 2. The summed E-state index contributed by atoms with van der Waals surface area (Å²) in [4.78, 5) is 13.8. The summed E-state index contributed by atoms with van der Waals surface area (Å²) in [6.45, 7) is 1.47. The highest BCUT2D eigenvalue weighted by molar-refractivity contribution is 5.94. The van der Waals surface area contributed by atoms with E-state index in [0.717, 1.165) is 17.8 Å². The molecule has 2 N–H and O–H groups in total. The normalized spacial score (nSPS) is 10.8. The predicted molar refractivity (Wildman–Crippen MR) is 97.7 cm³/mol. The molecule has 1 heterocycles. The predicted octanol–water partition coefficient (Wildman–Crippen LogP) is 1.45. The van der Waals surface area contributed by atoms with Crippen molar-refractivity contribution in [1.82, 2.24) is 15.1 Å². The van der Waals surface area contributed by atoms with Crippen molar-refractivity contribution in [1.29, 1.82) is 0 Å². The maximum atomic E-state index is 12.4. The van der Waals surface area contributed by atoms with E-state index in [4.69, 9.17) is 0 Å². The van der Waals surface area contributed by atoms with E-state index in [1.807, 2.05) is 48.7 Å². The second-order valence-electron chi connectivity index (χ2n) is 6.33. The van der Waals surface area contributed by atoms with E-state index < -0.39 is 0 Å². The number of hydrogen-bond acceptors (Lipinski definition) is 2. The van der Waals surface area contributed by atoms with Gasteiger partial charge >= 0.3 is 0 Å². The zero-order chi connectivity index (χ0) is 17.6. The van der Waals surface area contributed by atoms with Crippen LogP contribution in [0.1, 0.15) is 21.5 Å². The summed E-state index contributed by atoms with van der Waals surface area (Å²) in [7, 11) is 4.24. The fourth-order valence-electron chi connectivity index (χ4n) is 2.75. The van der Waals surface area contributed by atoms with E-state index in [1.165, 1.54) is 10.5 Å². The van der Waals surface area contributed by atoms with Gasteiger partial charge in [0.2, 0.25) is 0 Å². The fourth-order valence-corrected chi connectivity index (χ4v) is 2.75. The Labute approximate surface area is 147 Å². The molecule has 0 unspecified atom stereocenters. The molecule has 0 aliphatic carbocycles. The largest absolute Gasteiger partial charge is 0.348 e. The number of nitrogens with zero attached hydrogens (tertiary/aromatic N) is 2. The van der Waals surface area contributed by atoms with Crippen LogP contribution < -0.4 is 10.2 Å². The quantitative estimate of drug-likeness (QED) is 0.716. The van der Waals surface area contributed by atoms with Gasteiger partial charge in [-0.25, -0.2) is 4.68 Å². The van der Waals surface area contributed by atoms with Crippen molar-refractivity contribution >= 4 is 5.91 Å². The minimum Gasteiger partial charge on any atom is -0.348 e. The van der Waals surface area contributed by atoms with Gasteiger partial charge in [-0.15, -0.1) is 0 Å². The molecular weight excluding hydrogens is 312 g/mol. The van der Waals surface area contributed by atoms with E-state index >= 15 is 0 Å². The van der Waals surface area contributed by atoms with Crippen molar-refractivity contribution in [2.45, 2.75) is 13.1 Å². The first-order chi connectivity index (χ1) is 12.1. The molecule has 128 valence electrons. The van der Waals surface area contributed by atoms with Crippen LogP contribution in [0.4, 0.5) is 0 Å². The first kappa shape index (κ1) is 16.9. The summed E-state index contributed by atoms with van der Waals surface area (Å²) in [5.41, 5.74) is 3.99. The Kier molecular flexibility index (Phi) is 5.26. The number of hydrogen-bond donors (Lipinski definition) is 2. The molecule has 0 aliphatic heterocycles. The maximum Gasteiger partial charge on any atom is 0.251 e. The Morgan fingerprint density at radius 3 is 2.40 bits per heavy atom. The molecule has 0 fully saturated rings. The van der Waals surface area contributed by atoms with Gasteiger partial charge in [-0.2, -0.15) is 5.10 Å². The zero-order valence-corrected chi connectivity index (χ0v) is 14.6. The van der Waals surface area contributed by atoms with Gasteiger partial charge in [-0.05, 0) is 35.9 Å². The first-order valence-electron chi connectivity index (χ1n) is 8.37. The van der Waals surface area contributed by atoms with Gasteiger partial charge in [0, 0.05) is 30.1 Å². The number of quaternary nitrogens is 1. The average molecular weight is 335 g/mol. The lowest BCUT2D eigenvalue weighted by molar-refractivity contribution is -0.872. The van der Waals surface area contributed by atoms with Crippen LogP contribution in [0.25, 0.3) is 5.69 Å². The van der Waals surface area contributed by atoms with Gasteiger partial charge < -0.3 is 10.2 Å². The van der Waals surface area contributed by atoms with E-state index in [0.29, 0.717) is 12.1 Å². The third kappa shape index (κ3) is 4.33.